The van der Waals surface area contributed by atoms with Gasteiger partial charge in [0.1, 0.15) is 22.3 Å². The minimum atomic E-state index is 0. The molecule has 4 nitrogen and oxygen atoms in total. The van der Waals surface area contributed by atoms with Gasteiger partial charge in [-0.05, 0) is 94.2 Å². The number of rotatable bonds is 4. The molecular weight excluding hydrogens is 901 g/mol. The molecule has 5 heteroatoms. The number of nitrogens with zero attached hydrogens (tertiary/aromatic N) is 2. The molecule has 0 fully saturated rings. The minimum absolute atomic E-state index is 0. The van der Waals surface area contributed by atoms with E-state index < -0.39 is 0 Å². The van der Waals surface area contributed by atoms with Crippen molar-refractivity contribution in [2.45, 2.75) is 40.5 Å². The quantitative estimate of drug-likeness (QED) is 0.165. The maximum atomic E-state index is 6.83. The fraction of sp³-hybridized carbons (Fsp3) is 0.111. The molecule has 0 aliphatic rings. The second-order valence-electron chi connectivity index (χ2n) is 15.6. The van der Waals surface area contributed by atoms with Gasteiger partial charge in [-0.2, -0.15) is 0 Å². The van der Waals surface area contributed by atoms with Gasteiger partial charge in [-0.1, -0.05) is 87.0 Å². The summed E-state index contributed by atoms with van der Waals surface area (Å²) in [5, 5.41) is 9.13. The van der Waals surface area contributed by atoms with Gasteiger partial charge in [0.2, 0.25) is 0 Å². The van der Waals surface area contributed by atoms with E-state index in [1.165, 1.54) is 27.5 Å². The summed E-state index contributed by atoms with van der Waals surface area (Å²) in [5.41, 5.74) is 14.4. The first-order valence-electron chi connectivity index (χ1n) is 19.8. The Labute approximate surface area is 356 Å². The zero-order chi connectivity index (χ0) is 39.5. The Kier molecular flexibility index (Phi) is 9.96. The van der Waals surface area contributed by atoms with Gasteiger partial charge in [0.25, 0.3) is 0 Å². The zero-order valence-electron chi connectivity index (χ0n) is 33.5. The summed E-state index contributed by atoms with van der Waals surface area (Å²) < 4.78 is 13.7. The number of hydrogen-bond donors (Lipinski definition) is 0. The van der Waals surface area contributed by atoms with Gasteiger partial charge in [-0.25, -0.2) is 0 Å². The average molecular weight is 941 g/mol. The monoisotopic (exact) mass is 941 g/mol. The third-order valence-electron chi connectivity index (χ3n) is 11.3. The van der Waals surface area contributed by atoms with E-state index >= 15 is 0 Å². The average Bonchev–Trinajstić information content (AvgIpc) is 3.80. The Morgan fingerprint density at radius 3 is 1.68 bits per heavy atom. The van der Waals surface area contributed by atoms with Crippen molar-refractivity contribution in [3.8, 4) is 33.6 Å². The fourth-order valence-electron chi connectivity index (χ4n) is 8.20. The smallest absolute Gasteiger partial charge is 0.143 e. The van der Waals surface area contributed by atoms with Crippen LogP contribution in [0.25, 0.3) is 99.1 Å². The summed E-state index contributed by atoms with van der Waals surface area (Å²) in [6.07, 6.45) is 3.81. The van der Waals surface area contributed by atoms with Crippen LogP contribution in [-0.2, 0) is 20.1 Å². The van der Waals surface area contributed by atoms with E-state index in [9.17, 15) is 0 Å². The molecule has 0 N–H and O–H groups in total. The molecule has 11 aromatic rings. The van der Waals surface area contributed by atoms with Crippen molar-refractivity contribution < 1.29 is 28.9 Å². The van der Waals surface area contributed by atoms with Crippen LogP contribution in [0, 0.1) is 32.9 Å². The zero-order valence-corrected chi connectivity index (χ0v) is 35.9. The number of aryl methyl sites for hydroxylation is 3. The molecule has 1 radical (unpaired) electrons. The Morgan fingerprint density at radius 1 is 0.559 bits per heavy atom. The minimum Gasteiger partial charge on any atom is -0.456 e. The van der Waals surface area contributed by atoms with E-state index in [2.05, 4.69) is 161 Å². The Balaban J connectivity index is 0.000000238. The van der Waals surface area contributed by atoms with Gasteiger partial charge < -0.3 is 18.8 Å². The summed E-state index contributed by atoms with van der Waals surface area (Å²) in [5.74, 6) is 0.177. The van der Waals surface area contributed by atoms with Gasteiger partial charge in [-0.3, -0.25) is 0 Å². The molecule has 0 aliphatic carbocycles. The summed E-state index contributed by atoms with van der Waals surface area (Å²) in [4.78, 5) is 9.15. The standard InChI is InChI=1S/C40H26NO2.C14H14N.Ir/c1-23(2)35-39-37(30-18-25-12-6-8-14-27(25)21-33(30)42-39)36(29-16-17-41-32(20-29)24-10-4-3-5-11-24)38-31-19-26-13-7-9-15-28(26)22-34(31)43-40(35)38;1-10-4-6-13(7-5-10)14-8-11(2)12(3)9-15-14;/h3-10,12-23H,1-2H3;4-6,8-9H,1-3H3;/q2*-1;. The van der Waals surface area contributed by atoms with E-state index in [-0.39, 0.29) is 26.0 Å². The van der Waals surface area contributed by atoms with Crippen LogP contribution in [0.2, 0.25) is 0 Å². The topological polar surface area (TPSA) is 52.1 Å². The normalized spacial score (nSPS) is 11.5. The van der Waals surface area contributed by atoms with Crippen LogP contribution in [0.5, 0.6) is 0 Å². The second-order valence-corrected chi connectivity index (χ2v) is 15.6. The van der Waals surface area contributed by atoms with Crippen LogP contribution >= 0.6 is 0 Å². The van der Waals surface area contributed by atoms with E-state index in [1.807, 2.05) is 36.7 Å². The molecule has 59 heavy (non-hydrogen) atoms. The van der Waals surface area contributed by atoms with Crippen molar-refractivity contribution in [3.63, 3.8) is 0 Å². The molecule has 0 saturated carbocycles. The third kappa shape index (κ3) is 6.81. The van der Waals surface area contributed by atoms with Crippen molar-refractivity contribution in [2.24, 2.45) is 0 Å². The maximum Gasteiger partial charge on any atom is 0.143 e. The number of hydrogen-bond acceptors (Lipinski definition) is 4. The van der Waals surface area contributed by atoms with Gasteiger partial charge in [0.15, 0.2) is 0 Å². The largest absolute Gasteiger partial charge is 0.456 e. The predicted octanol–water partition coefficient (Wildman–Crippen LogP) is 14.9. The Morgan fingerprint density at radius 2 is 1.14 bits per heavy atom. The molecule has 7 aromatic carbocycles. The molecule has 4 aromatic heterocycles. The molecule has 4 heterocycles. The number of furan rings is 2. The summed E-state index contributed by atoms with van der Waals surface area (Å²) in [7, 11) is 0. The molecule has 0 spiro atoms. The van der Waals surface area contributed by atoms with E-state index in [0.29, 0.717) is 0 Å². The molecule has 0 aliphatic heterocycles. The van der Waals surface area contributed by atoms with Crippen LogP contribution in [0.4, 0.5) is 0 Å². The van der Waals surface area contributed by atoms with Gasteiger partial charge in [-0.15, -0.1) is 71.3 Å². The van der Waals surface area contributed by atoms with Crippen molar-refractivity contribution in [1.29, 1.82) is 0 Å². The van der Waals surface area contributed by atoms with Crippen LogP contribution in [0.1, 0.15) is 42.0 Å². The predicted molar refractivity (Wildman–Crippen MR) is 240 cm³/mol. The molecule has 0 amide bonds. The first kappa shape index (κ1) is 38.1. The number of fused-ring (bicyclic) bond motifs is 8. The number of aromatic nitrogens is 2. The van der Waals surface area contributed by atoms with E-state index in [4.69, 9.17) is 13.8 Å². The van der Waals surface area contributed by atoms with Gasteiger partial charge in [0.05, 0.1) is 0 Å². The number of pyridine rings is 2. The summed E-state index contributed by atoms with van der Waals surface area (Å²) in [6, 6.07) is 53.0. The molecule has 0 unspecified atom stereocenters. The second kappa shape index (κ2) is 15.4. The third-order valence-corrected chi connectivity index (χ3v) is 11.3. The molecule has 11 rings (SSSR count). The van der Waals surface area contributed by atoms with Crippen molar-refractivity contribution in [1.82, 2.24) is 9.97 Å². The van der Waals surface area contributed by atoms with Crippen molar-refractivity contribution in [3.05, 3.63) is 180 Å². The van der Waals surface area contributed by atoms with Crippen LogP contribution < -0.4 is 0 Å². The Hall–Kier alpha value is -6.39. The first-order chi connectivity index (χ1) is 28.3. The summed E-state index contributed by atoms with van der Waals surface area (Å²) >= 11 is 0. The molecular formula is C54H40IrN2O2-2. The van der Waals surface area contributed by atoms with Gasteiger partial charge in [0, 0.05) is 65.2 Å². The molecule has 0 saturated heterocycles. The molecule has 0 atom stereocenters. The molecule has 0 bridgehead atoms. The fourth-order valence-corrected chi connectivity index (χ4v) is 8.20. The van der Waals surface area contributed by atoms with E-state index in [1.54, 1.807) is 0 Å². The van der Waals surface area contributed by atoms with E-state index in [0.717, 1.165) is 93.9 Å². The maximum absolute atomic E-state index is 6.83. The first-order valence-corrected chi connectivity index (χ1v) is 19.8. The SMILES string of the molecule is CC(C)c1c2oc3cc4ccccc4cc3c2c(-c2ccnc(-c3[c-]cccc3)c2)c2c1oc1cc3ccccc3cc12.Cc1c[c-]c(-c2cc(C)c(C)cn2)cc1.[Ir]. The molecule has 289 valence electrons. The van der Waals surface area contributed by atoms with Crippen LogP contribution in [-0.4, -0.2) is 9.97 Å². The van der Waals surface area contributed by atoms with Crippen LogP contribution in [0.3, 0.4) is 0 Å². The summed E-state index contributed by atoms with van der Waals surface area (Å²) in [6.45, 7) is 10.7. The van der Waals surface area contributed by atoms with Crippen molar-refractivity contribution >= 4 is 65.4 Å². The van der Waals surface area contributed by atoms with Crippen LogP contribution in [0.15, 0.2) is 155 Å². The Bertz CT molecular complexity index is 3210. The van der Waals surface area contributed by atoms with Crippen molar-refractivity contribution in [2.75, 3.05) is 0 Å². The number of benzene rings is 7. The van der Waals surface area contributed by atoms with Gasteiger partial charge >= 0.3 is 0 Å².